The highest BCUT2D eigenvalue weighted by molar-refractivity contribution is 8.18. The number of amides is 2. The van der Waals surface area contributed by atoms with E-state index in [2.05, 4.69) is 0 Å². The van der Waals surface area contributed by atoms with Crippen molar-refractivity contribution in [1.29, 1.82) is 0 Å². The van der Waals surface area contributed by atoms with Gasteiger partial charge < -0.3 is 4.57 Å². The van der Waals surface area contributed by atoms with E-state index in [9.17, 15) is 14.0 Å². The molecule has 0 bridgehead atoms. The van der Waals surface area contributed by atoms with Crippen LogP contribution in [0, 0.1) is 5.82 Å². The molecule has 0 unspecified atom stereocenters. The number of nitrogens with zero attached hydrogens (tertiary/aromatic N) is 2. The first-order valence-electron chi connectivity index (χ1n) is 10.5. The minimum Gasteiger partial charge on any atom is -0.342 e. The third-order valence-corrected chi connectivity index (χ3v) is 7.53. The topological polar surface area (TPSA) is 42.3 Å². The van der Waals surface area contributed by atoms with Crippen molar-refractivity contribution in [3.05, 3.63) is 109 Å². The van der Waals surface area contributed by atoms with Gasteiger partial charge in [-0.05, 0) is 59.3 Å². The maximum Gasteiger partial charge on any atom is 0.293 e. The lowest BCUT2D eigenvalue weighted by atomic mass is 10.1. The monoisotopic (exact) mass is 544 g/mol. The Kier molecular flexibility index (Phi) is 6.64. The van der Waals surface area contributed by atoms with Crippen LogP contribution in [0.5, 0.6) is 0 Å². The molecule has 0 atom stereocenters. The standard InChI is InChI=1S/C26H16Cl3FN2O2S/c27-18-7-5-16(21(28)10-18)14-32-25(33)24(35-26(32)34)9-17-13-31(23-4-2-1-3-20(17)23)12-15-6-8-19(30)11-22(15)29/h1-11,13H,12,14H2/b24-9-. The molecule has 1 saturated heterocycles. The molecule has 3 aromatic carbocycles. The quantitative estimate of drug-likeness (QED) is 0.238. The van der Waals surface area contributed by atoms with Crippen LogP contribution in [0.1, 0.15) is 16.7 Å². The van der Waals surface area contributed by atoms with Gasteiger partial charge in [-0.15, -0.1) is 0 Å². The molecule has 5 rings (SSSR count). The summed E-state index contributed by atoms with van der Waals surface area (Å²) in [6, 6.07) is 17.0. The van der Waals surface area contributed by atoms with Crippen LogP contribution in [-0.2, 0) is 17.9 Å². The van der Waals surface area contributed by atoms with Crippen LogP contribution in [-0.4, -0.2) is 20.6 Å². The van der Waals surface area contributed by atoms with Crippen molar-refractivity contribution in [1.82, 2.24) is 9.47 Å². The maximum absolute atomic E-state index is 13.5. The fraction of sp³-hybridized carbons (Fsp3) is 0.0769. The Bertz CT molecular complexity index is 1530. The number of hydrogen-bond acceptors (Lipinski definition) is 3. The third-order valence-electron chi connectivity index (χ3n) is 5.68. The molecule has 2 heterocycles. The average Bonchev–Trinajstić information content (AvgIpc) is 3.29. The minimum atomic E-state index is -0.396. The van der Waals surface area contributed by atoms with Gasteiger partial charge in [-0.3, -0.25) is 14.5 Å². The molecule has 0 aliphatic carbocycles. The van der Waals surface area contributed by atoms with Crippen LogP contribution in [0.4, 0.5) is 9.18 Å². The molecule has 176 valence electrons. The van der Waals surface area contributed by atoms with Crippen LogP contribution >= 0.6 is 46.6 Å². The largest absolute Gasteiger partial charge is 0.342 e. The van der Waals surface area contributed by atoms with Gasteiger partial charge in [0.2, 0.25) is 0 Å². The summed E-state index contributed by atoms with van der Waals surface area (Å²) in [7, 11) is 0. The minimum absolute atomic E-state index is 0.0584. The van der Waals surface area contributed by atoms with E-state index in [0.717, 1.165) is 33.8 Å². The van der Waals surface area contributed by atoms with E-state index >= 15 is 0 Å². The van der Waals surface area contributed by atoms with Gasteiger partial charge in [0.05, 0.1) is 11.4 Å². The summed E-state index contributed by atoms with van der Waals surface area (Å²) in [6.07, 6.45) is 3.62. The van der Waals surface area contributed by atoms with Crippen molar-refractivity contribution in [2.24, 2.45) is 0 Å². The fourth-order valence-electron chi connectivity index (χ4n) is 3.95. The summed E-state index contributed by atoms with van der Waals surface area (Å²) in [5.41, 5.74) is 3.10. The van der Waals surface area contributed by atoms with Crippen molar-refractivity contribution in [2.75, 3.05) is 0 Å². The zero-order chi connectivity index (χ0) is 24.7. The van der Waals surface area contributed by atoms with Crippen molar-refractivity contribution >= 4 is 74.7 Å². The SMILES string of the molecule is O=C1S/C(=C\c2cn(Cc3ccc(F)cc3Cl)c3ccccc23)C(=O)N1Cc1ccc(Cl)cc1Cl. The molecule has 0 saturated carbocycles. The first kappa shape index (κ1) is 23.9. The number of thioether (sulfide) groups is 1. The summed E-state index contributed by atoms with van der Waals surface area (Å²) >= 11 is 19.3. The molecule has 1 aliphatic heterocycles. The molecule has 1 fully saturated rings. The van der Waals surface area contributed by atoms with E-state index in [1.807, 2.05) is 35.0 Å². The van der Waals surface area contributed by atoms with Crippen molar-refractivity contribution in [3.63, 3.8) is 0 Å². The number of carbonyl (C=O) groups excluding carboxylic acids is 2. The number of halogens is 4. The Morgan fingerprint density at radius 1 is 0.886 bits per heavy atom. The number of rotatable bonds is 5. The number of hydrogen-bond donors (Lipinski definition) is 0. The van der Waals surface area contributed by atoms with Crippen LogP contribution in [0.3, 0.4) is 0 Å². The van der Waals surface area contributed by atoms with Crippen molar-refractivity contribution in [3.8, 4) is 0 Å². The van der Waals surface area contributed by atoms with E-state index in [1.165, 1.54) is 17.0 Å². The Morgan fingerprint density at radius 2 is 1.60 bits per heavy atom. The molecule has 2 amide bonds. The van der Waals surface area contributed by atoms with Gasteiger partial charge in [-0.25, -0.2) is 4.39 Å². The van der Waals surface area contributed by atoms with Gasteiger partial charge >= 0.3 is 0 Å². The normalized spacial score (nSPS) is 15.1. The first-order chi connectivity index (χ1) is 16.8. The van der Waals surface area contributed by atoms with Crippen LogP contribution in [0.2, 0.25) is 15.1 Å². The lowest BCUT2D eigenvalue weighted by molar-refractivity contribution is -0.123. The lowest BCUT2D eigenvalue weighted by Crippen LogP contribution is -2.27. The summed E-state index contributed by atoms with van der Waals surface area (Å²) in [6.45, 7) is 0.479. The first-order valence-corrected chi connectivity index (χ1v) is 12.5. The number of fused-ring (bicyclic) bond motifs is 1. The highest BCUT2D eigenvalue weighted by atomic mass is 35.5. The summed E-state index contributed by atoms with van der Waals surface area (Å²) in [5.74, 6) is -0.781. The molecule has 0 spiro atoms. The predicted molar refractivity (Wildman–Crippen MR) is 140 cm³/mol. The summed E-state index contributed by atoms with van der Waals surface area (Å²) in [4.78, 5) is 27.2. The molecular formula is C26H16Cl3FN2O2S. The zero-order valence-electron chi connectivity index (χ0n) is 18.0. The zero-order valence-corrected chi connectivity index (χ0v) is 21.1. The van der Waals surface area contributed by atoms with Gasteiger partial charge in [0, 0.05) is 44.3 Å². The number of imide groups is 1. The second-order valence-electron chi connectivity index (χ2n) is 7.97. The van der Waals surface area contributed by atoms with Gasteiger partial charge in [0.25, 0.3) is 11.1 Å². The maximum atomic E-state index is 13.5. The molecule has 0 radical (unpaired) electrons. The summed E-state index contributed by atoms with van der Waals surface area (Å²) in [5, 5.41) is 1.76. The van der Waals surface area contributed by atoms with Crippen molar-refractivity contribution in [2.45, 2.75) is 13.1 Å². The van der Waals surface area contributed by atoms with Gasteiger partial charge in [0.15, 0.2) is 0 Å². The molecule has 35 heavy (non-hydrogen) atoms. The predicted octanol–water partition coefficient (Wildman–Crippen LogP) is 8.03. The van der Waals surface area contributed by atoms with E-state index in [-0.39, 0.29) is 17.7 Å². The van der Waals surface area contributed by atoms with Crippen LogP contribution < -0.4 is 0 Å². The Morgan fingerprint density at radius 3 is 2.37 bits per heavy atom. The molecule has 9 heteroatoms. The molecular weight excluding hydrogens is 530 g/mol. The number of carbonyl (C=O) groups is 2. The van der Waals surface area contributed by atoms with E-state index in [0.29, 0.717) is 32.1 Å². The fourth-order valence-corrected chi connectivity index (χ4v) is 5.48. The van der Waals surface area contributed by atoms with E-state index in [1.54, 1.807) is 30.3 Å². The summed E-state index contributed by atoms with van der Waals surface area (Å²) < 4.78 is 15.5. The van der Waals surface area contributed by atoms with Crippen molar-refractivity contribution < 1.29 is 14.0 Å². The Hall–Kier alpha value is -2.77. The van der Waals surface area contributed by atoms with Gasteiger partial charge in [-0.1, -0.05) is 65.1 Å². The van der Waals surface area contributed by atoms with Crippen LogP contribution in [0.25, 0.3) is 17.0 Å². The molecule has 0 N–H and O–H groups in total. The number of benzene rings is 3. The molecule has 1 aromatic heterocycles. The Labute approximate surface area is 219 Å². The second kappa shape index (κ2) is 9.70. The average molecular weight is 546 g/mol. The molecule has 1 aliphatic rings. The van der Waals surface area contributed by atoms with Crippen LogP contribution in [0.15, 0.2) is 71.8 Å². The van der Waals surface area contributed by atoms with E-state index < -0.39 is 5.82 Å². The highest BCUT2D eigenvalue weighted by Crippen LogP contribution is 2.36. The van der Waals surface area contributed by atoms with Gasteiger partial charge in [0.1, 0.15) is 5.82 Å². The van der Waals surface area contributed by atoms with E-state index in [4.69, 9.17) is 34.8 Å². The molecule has 4 nitrogen and oxygen atoms in total. The second-order valence-corrected chi connectivity index (χ2v) is 10.2. The van der Waals surface area contributed by atoms with Gasteiger partial charge in [-0.2, -0.15) is 0 Å². The lowest BCUT2D eigenvalue weighted by Gasteiger charge is -2.13. The molecule has 4 aromatic rings. The highest BCUT2D eigenvalue weighted by Gasteiger charge is 2.35. The number of aromatic nitrogens is 1. The Balaban J connectivity index is 1.47. The smallest absolute Gasteiger partial charge is 0.293 e. The number of para-hydroxylation sites is 1. The third kappa shape index (κ3) is 4.84.